The second-order valence-electron chi connectivity index (χ2n) is 5.35. The number of carbonyl (C=O) groups is 1. The molecule has 3 aromatic rings. The zero-order valence-corrected chi connectivity index (χ0v) is 13.9. The van der Waals surface area contributed by atoms with Crippen molar-refractivity contribution in [2.24, 2.45) is 0 Å². The van der Waals surface area contributed by atoms with Gasteiger partial charge in [-0.15, -0.1) is 11.3 Å². The number of nitrogens with one attached hydrogen (secondary N) is 1. The Hall–Kier alpha value is -2.60. The van der Waals surface area contributed by atoms with Crippen LogP contribution in [0.3, 0.4) is 0 Å². The molecule has 0 saturated heterocycles. The Labute approximate surface area is 142 Å². The molecule has 6 heteroatoms. The number of aryl methyl sites for hydroxylation is 2. The monoisotopic (exact) mass is 344 g/mol. The molecule has 0 aliphatic heterocycles. The van der Waals surface area contributed by atoms with Crippen molar-refractivity contribution < 1.29 is 13.6 Å². The maximum atomic E-state index is 13.9. The van der Waals surface area contributed by atoms with E-state index in [0.717, 1.165) is 16.9 Å². The molecule has 0 aliphatic rings. The van der Waals surface area contributed by atoms with Crippen LogP contribution in [0.4, 0.5) is 14.5 Å². The second kappa shape index (κ2) is 6.49. The Morgan fingerprint density at radius 2 is 1.75 bits per heavy atom. The SMILES string of the molecule is Cc1cccc(NC(=O)c2sc(-c3c(F)cccc3F)nc2C)c1. The lowest BCUT2D eigenvalue weighted by Gasteiger charge is -2.04. The smallest absolute Gasteiger partial charge is 0.267 e. The molecule has 24 heavy (non-hydrogen) atoms. The Morgan fingerprint density at radius 3 is 2.42 bits per heavy atom. The van der Waals surface area contributed by atoms with Crippen LogP contribution in [-0.2, 0) is 0 Å². The predicted octanol–water partition coefficient (Wildman–Crippen LogP) is 4.96. The highest BCUT2D eigenvalue weighted by molar-refractivity contribution is 7.17. The van der Waals surface area contributed by atoms with E-state index in [-0.39, 0.29) is 16.5 Å². The summed E-state index contributed by atoms with van der Waals surface area (Å²) in [6.07, 6.45) is 0. The number of hydrogen-bond acceptors (Lipinski definition) is 3. The number of aromatic nitrogens is 1. The van der Waals surface area contributed by atoms with Gasteiger partial charge in [-0.2, -0.15) is 0 Å². The molecule has 0 fully saturated rings. The van der Waals surface area contributed by atoms with Crippen LogP contribution in [0.15, 0.2) is 42.5 Å². The number of rotatable bonds is 3. The number of nitrogens with zero attached hydrogens (tertiary/aromatic N) is 1. The van der Waals surface area contributed by atoms with Crippen LogP contribution in [0.2, 0.25) is 0 Å². The quantitative estimate of drug-likeness (QED) is 0.730. The molecule has 1 heterocycles. The molecule has 0 radical (unpaired) electrons. The average molecular weight is 344 g/mol. The highest BCUT2D eigenvalue weighted by atomic mass is 32.1. The predicted molar refractivity (Wildman–Crippen MR) is 91.3 cm³/mol. The number of anilines is 1. The van der Waals surface area contributed by atoms with Gasteiger partial charge in [0.2, 0.25) is 0 Å². The lowest BCUT2D eigenvalue weighted by molar-refractivity contribution is 0.103. The fourth-order valence-electron chi connectivity index (χ4n) is 2.33. The van der Waals surface area contributed by atoms with E-state index in [2.05, 4.69) is 10.3 Å². The van der Waals surface area contributed by atoms with Gasteiger partial charge in [0.15, 0.2) is 0 Å². The van der Waals surface area contributed by atoms with E-state index in [1.165, 1.54) is 18.2 Å². The van der Waals surface area contributed by atoms with E-state index >= 15 is 0 Å². The van der Waals surface area contributed by atoms with Gasteiger partial charge >= 0.3 is 0 Å². The van der Waals surface area contributed by atoms with Crippen LogP contribution in [0, 0.1) is 25.5 Å². The number of hydrogen-bond donors (Lipinski definition) is 1. The zero-order chi connectivity index (χ0) is 17.3. The topological polar surface area (TPSA) is 42.0 Å². The molecule has 0 spiro atoms. The molecular weight excluding hydrogens is 330 g/mol. The van der Waals surface area contributed by atoms with Crippen molar-refractivity contribution in [1.82, 2.24) is 4.98 Å². The Morgan fingerprint density at radius 1 is 1.08 bits per heavy atom. The summed E-state index contributed by atoms with van der Waals surface area (Å²) in [5, 5.41) is 2.93. The van der Waals surface area contributed by atoms with Crippen LogP contribution in [0.5, 0.6) is 0 Å². The maximum absolute atomic E-state index is 13.9. The second-order valence-corrected chi connectivity index (χ2v) is 6.35. The van der Waals surface area contributed by atoms with E-state index < -0.39 is 11.6 Å². The van der Waals surface area contributed by atoms with Gasteiger partial charge in [-0.25, -0.2) is 13.8 Å². The molecule has 0 bridgehead atoms. The van der Waals surface area contributed by atoms with Crippen molar-refractivity contribution in [3.05, 3.63) is 70.2 Å². The number of carbonyl (C=O) groups excluding carboxylic acids is 1. The van der Waals surface area contributed by atoms with Crippen LogP contribution in [0.1, 0.15) is 20.9 Å². The van der Waals surface area contributed by atoms with E-state index in [0.29, 0.717) is 16.3 Å². The van der Waals surface area contributed by atoms with Crippen molar-refractivity contribution in [3.8, 4) is 10.6 Å². The third-order valence-corrected chi connectivity index (χ3v) is 4.63. The zero-order valence-electron chi connectivity index (χ0n) is 13.1. The van der Waals surface area contributed by atoms with Gasteiger partial charge < -0.3 is 5.32 Å². The summed E-state index contributed by atoms with van der Waals surface area (Å²) in [6, 6.07) is 11.0. The first-order valence-corrected chi connectivity index (χ1v) is 8.07. The van der Waals surface area contributed by atoms with Crippen LogP contribution in [-0.4, -0.2) is 10.9 Å². The van der Waals surface area contributed by atoms with Crippen LogP contribution >= 0.6 is 11.3 Å². The summed E-state index contributed by atoms with van der Waals surface area (Å²) in [5.74, 6) is -1.75. The first kappa shape index (κ1) is 16.3. The Balaban J connectivity index is 1.93. The summed E-state index contributed by atoms with van der Waals surface area (Å²) >= 11 is 0.969. The van der Waals surface area contributed by atoms with Gasteiger partial charge in [-0.1, -0.05) is 18.2 Å². The largest absolute Gasteiger partial charge is 0.321 e. The third-order valence-electron chi connectivity index (χ3n) is 3.46. The standard InChI is InChI=1S/C18H14F2N2OS/c1-10-5-3-6-12(9-10)22-17(23)16-11(2)21-18(24-16)15-13(19)7-4-8-14(15)20/h3-9H,1-2H3,(H,22,23). The van der Waals surface area contributed by atoms with Crippen LogP contribution < -0.4 is 5.32 Å². The van der Waals surface area contributed by atoms with E-state index in [1.54, 1.807) is 13.0 Å². The van der Waals surface area contributed by atoms with E-state index in [9.17, 15) is 13.6 Å². The summed E-state index contributed by atoms with van der Waals surface area (Å²) in [5.41, 5.74) is 1.90. The summed E-state index contributed by atoms with van der Waals surface area (Å²) in [6.45, 7) is 3.57. The molecule has 1 N–H and O–H groups in total. The maximum Gasteiger partial charge on any atom is 0.267 e. The van der Waals surface area contributed by atoms with Gasteiger partial charge in [0.05, 0.1) is 11.3 Å². The fraction of sp³-hybridized carbons (Fsp3) is 0.111. The molecule has 1 amide bonds. The summed E-state index contributed by atoms with van der Waals surface area (Å²) in [4.78, 5) is 16.9. The third kappa shape index (κ3) is 3.19. The van der Waals surface area contributed by atoms with Gasteiger partial charge in [0, 0.05) is 5.69 Å². The number of thiazole rings is 1. The number of amides is 1. The lowest BCUT2D eigenvalue weighted by Crippen LogP contribution is -2.11. The molecule has 0 unspecified atom stereocenters. The lowest BCUT2D eigenvalue weighted by atomic mass is 10.2. The van der Waals surface area contributed by atoms with Gasteiger partial charge in [0.1, 0.15) is 21.5 Å². The summed E-state index contributed by atoms with van der Waals surface area (Å²) < 4.78 is 27.8. The van der Waals surface area contributed by atoms with E-state index in [4.69, 9.17) is 0 Å². The summed E-state index contributed by atoms with van der Waals surface area (Å²) in [7, 11) is 0. The van der Waals surface area contributed by atoms with Crippen molar-refractivity contribution in [2.75, 3.05) is 5.32 Å². The molecule has 3 rings (SSSR count). The molecule has 0 saturated carbocycles. The van der Waals surface area contributed by atoms with Gasteiger partial charge in [0.25, 0.3) is 5.91 Å². The first-order valence-electron chi connectivity index (χ1n) is 7.25. The minimum Gasteiger partial charge on any atom is -0.321 e. The Bertz CT molecular complexity index is 901. The highest BCUT2D eigenvalue weighted by Crippen LogP contribution is 2.32. The average Bonchev–Trinajstić information content (AvgIpc) is 2.89. The number of halogens is 2. The van der Waals surface area contributed by atoms with Crippen LogP contribution in [0.25, 0.3) is 10.6 Å². The van der Waals surface area contributed by atoms with Gasteiger partial charge in [-0.3, -0.25) is 4.79 Å². The minimum absolute atomic E-state index is 0.150. The van der Waals surface area contributed by atoms with Crippen molar-refractivity contribution >= 4 is 22.9 Å². The Kier molecular flexibility index (Phi) is 4.40. The molecule has 1 aromatic heterocycles. The highest BCUT2D eigenvalue weighted by Gasteiger charge is 2.20. The van der Waals surface area contributed by atoms with Crippen molar-refractivity contribution in [2.45, 2.75) is 13.8 Å². The molecule has 0 atom stereocenters. The molecule has 122 valence electrons. The molecule has 2 aromatic carbocycles. The first-order chi connectivity index (χ1) is 11.5. The van der Waals surface area contributed by atoms with Crippen molar-refractivity contribution in [1.29, 1.82) is 0 Å². The van der Waals surface area contributed by atoms with Gasteiger partial charge in [-0.05, 0) is 43.7 Å². The number of benzene rings is 2. The normalized spacial score (nSPS) is 10.7. The molecule has 0 aliphatic carbocycles. The fourth-order valence-corrected chi connectivity index (χ4v) is 3.34. The minimum atomic E-state index is -0.700. The molecular formula is C18H14F2N2OS. The molecule has 3 nitrogen and oxygen atoms in total. The van der Waals surface area contributed by atoms with E-state index in [1.807, 2.05) is 25.1 Å². The van der Waals surface area contributed by atoms with Crippen molar-refractivity contribution in [3.63, 3.8) is 0 Å².